The number of benzene rings is 1. The second kappa shape index (κ2) is 4.80. The summed E-state index contributed by atoms with van der Waals surface area (Å²) in [5.41, 5.74) is 1.36. The highest BCUT2D eigenvalue weighted by molar-refractivity contribution is 6.36. The molecule has 0 saturated heterocycles. The van der Waals surface area contributed by atoms with Gasteiger partial charge >= 0.3 is 5.78 Å². The molecule has 0 spiro atoms. The normalized spacial score (nSPS) is 15.4. The van der Waals surface area contributed by atoms with Crippen molar-refractivity contribution in [2.45, 2.75) is 12.8 Å². The fourth-order valence-corrected chi connectivity index (χ4v) is 2.31. The van der Waals surface area contributed by atoms with Gasteiger partial charge in [0.15, 0.2) is 0 Å². The van der Waals surface area contributed by atoms with Crippen molar-refractivity contribution in [1.29, 1.82) is 0 Å². The molecule has 0 aliphatic heterocycles. The van der Waals surface area contributed by atoms with Crippen LogP contribution in [0.15, 0.2) is 24.0 Å². The van der Waals surface area contributed by atoms with Gasteiger partial charge in [-0.05, 0) is 12.1 Å². The fourth-order valence-electron chi connectivity index (χ4n) is 2.05. The first-order chi connectivity index (χ1) is 8.19. The molecule has 1 aromatic rings. The summed E-state index contributed by atoms with van der Waals surface area (Å²) in [5, 5.41) is 0.544. The number of hydrogen-bond donors (Lipinski definition) is 0. The smallest absolute Gasteiger partial charge is 0.328 e. The largest absolute Gasteiger partial charge is 0.500 e. The van der Waals surface area contributed by atoms with E-state index in [-0.39, 0.29) is 0 Å². The Morgan fingerprint density at radius 3 is 2.59 bits per heavy atom. The quantitative estimate of drug-likeness (QED) is 0.777. The topological polar surface area (TPSA) is 39.9 Å². The van der Waals surface area contributed by atoms with Gasteiger partial charge in [0, 0.05) is 6.42 Å². The number of ether oxygens (including phenoxy) is 2. The zero-order valence-corrected chi connectivity index (χ0v) is 10.5. The standard InChI is InChI=1S/C13H13ClO3/c1-16-10-5-3-4-8(14)12(10)13-9(15)6-7-11(13)17-2/h3-5H,6-7H2,1-2H3/p+1. The van der Waals surface area contributed by atoms with Gasteiger partial charge in [-0.2, -0.15) is 0 Å². The molecule has 0 aromatic heterocycles. The Hall–Kier alpha value is -1.48. The van der Waals surface area contributed by atoms with Crippen LogP contribution in [-0.2, 0) is 4.74 Å². The van der Waals surface area contributed by atoms with Crippen molar-refractivity contribution in [3.05, 3.63) is 34.5 Å². The molecule has 0 bridgehead atoms. The lowest BCUT2D eigenvalue weighted by atomic mass is 10.0. The van der Waals surface area contributed by atoms with Crippen molar-refractivity contribution < 1.29 is 14.3 Å². The van der Waals surface area contributed by atoms with Gasteiger partial charge in [0.25, 0.3) is 0 Å². The molecule has 4 heteroatoms. The van der Waals surface area contributed by atoms with Crippen LogP contribution in [0.5, 0.6) is 5.75 Å². The third-order valence-electron chi connectivity index (χ3n) is 2.85. The van der Waals surface area contributed by atoms with Gasteiger partial charge in [-0.15, -0.1) is 0 Å². The molecule has 0 atom stereocenters. The van der Waals surface area contributed by atoms with E-state index < -0.39 is 0 Å². The number of rotatable bonds is 3. The van der Waals surface area contributed by atoms with E-state index in [1.165, 1.54) is 0 Å². The molecule has 0 saturated carbocycles. The average molecular weight is 254 g/mol. The molecular formula is C13H14ClO3+. The van der Waals surface area contributed by atoms with E-state index in [0.29, 0.717) is 40.5 Å². The molecule has 1 N–H and O–H groups in total. The van der Waals surface area contributed by atoms with Crippen molar-refractivity contribution >= 4 is 23.0 Å². The Morgan fingerprint density at radius 1 is 1.18 bits per heavy atom. The van der Waals surface area contributed by atoms with Crippen LogP contribution in [0.3, 0.4) is 0 Å². The van der Waals surface area contributed by atoms with Gasteiger partial charge in [-0.3, -0.25) is 4.79 Å². The number of ketones is 1. The molecule has 0 unspecified atom stereocenters. The average Bonchev–Trinajstić information content (AvgIpc) is 2.70. The molecule has 0 fully saturated rings. The summed E-state index contributed by atoms with van der Waals surface area (Å²) in [4.78, 5) is 9.95. The van der Waals surface area contributed by atoms with Gasteiger partial charge in [-0.1, -0.05) is 17.7 Å². The number of hydrogen-bond acceptors (Lipinski definition) is 2. The first-order valence-electron chi connectivity index (χ1n) is 5.34. The number of allylic oxidation sites excluding steroid dienone is 2. The van der Waals surface area contributed by atoms with Crippen LogP contribution in [0.4, 0.5) is 0 Å². The number of halogens is 1. The molecular weight excluding hydrogens is 240 g/mol. The first kappa shape index (κ1) is 12.0. The van der Waals surface area contributed by atoms with Crippen LogP contribution in [0, 0.1) is 0 Å². The summed E-state index contributed by atoms with van der Waals surface area (Å²) >= 11 is 6.18. The summed E-state index contributed by atoms with van der Waals surface area (Å²) in [6, 6.07) is 5.39. The highest BCUT2D eigenvalue weighted by atomic mass is 35.5. The predicted molar refractivity (Wildman–Crippen MR) is 68.1 cm³/mol. The van der Waals surface area contributed by atoms with Gasteiger partial charge in [-0.25, -0.2) is 0 Å². The maximum Gasteiger partial charge on any atom is 0.328 e. The molecule has 1 aliphatic rings. The third kappa shape index (κ3) is 2.03. The van der Waals surface area contributed by atoms with Crippen molar-refractivity contribution in [3.63, 3.8) is 0 Å². The first-order valence-corrected chi connectivity index (χ1v) is 5.72. The maximum absolute atomic E-state index is 9.95. The maximum atomic E-state index is 9.95. The summed E-state index contributed by atoms with van der Waals surface area (Å²) < 4.78 is 10.6. The van der Waals surface area contributed by atoms with Crippen LogP contribution >= 0.6 is 11.6 Å². The van der Waals surface area contributed by atoms with E-state index in [1.54, 1.807) is 20.3 Å². The van der Waals surface area contributed by atoms with E-state index in [1.807, 2.05) is 12.1 Å². The van der Waals surface area contributed by atoms with Crippen LogP contribution in [0.1, 0.15) is 18.4 Å². The molecule has 0 heterocycles. The van der Waals surface area contributed by atoms with Crippen molar-refractivity contribution in [1.82, 2.24) is 0 Å². The molecule has 0 amide bonds. The monoisotopic (exact) mass is 253 g/mol. The zero-order valence-electron chi connectivity index (χ0n) is 9.79. The van der Waals surface area contributed by atoms with Gasteiger partial charge in [0.1, 0.15) is 17.1 Å². The van der Waals surface area contributed by atoms with E-state index >= 15 is 0 Å². The summed E-state index contributed by atoms with van der Waals surface area (Å²) in [6.45, 7) is 0. The molecule has 2 rings (SSSR count). The van der Waals surface area contributed by atoms with Crippen molar-refractivity contribution in [3.8, 4) is 5.75 Å². The fraction of sp³-hybridized carbons (Fsp3) is 0.308. The SMILES string of the molecule is COC1=C(c2c(Cl)cccc2OC)C(=[OH+])CC1. The molecule has 1 aromatic carbocycles. The third-order valence-corrected chi connectivity index (χ3v) is 3.16. The lowest BCUT2D eigenvalue weighted by molar-refractivity contribution is 0.284. The van der Waals surface area contributed by atoms with Gasteiger partial charge in [0.05, 0.1) is 31.2 Å². The Kier molecular flexibility index (Phi) is 3.38. The summed E-state index contributed by atoms with van der Waals surface area (Å²) in [6.07, 6.45) is 1.26. The van der Waals surface area contributed by atoms with E-state index in [0.717, 1.165) is 5.76 Å². The Balaban J connectivity index is 2.64. The molecule has 90 valence electrons. The predicted octanol–water partition coefficient (Wildman–Crippen LogP) is 3.04. The second-order valence-electron chi connectivity index (χ2n) is 3.77. The minimum atomic E-state index is 0.299. The summed E-state index contributed by atoms with van der Waals surface area (Å²) in [5.74, 6) is 1.68. The minimum Gasteiger partial charge on any atom is -0.500 e. The summed E-state index contributed by atoms with van der Waals surface area (Å²) in [7, 11) is 3.17. The molecule has 17 heavy (non-hydrogen) atoms. The lowest BCUT2D eigenvalue weighted by Crippen LogP contribution is -2.01. The highest BCUT2D eigenvalue weighted by Gasteiger charge is 2.33. The zero-order chi connectivity index (χ0) is 12.4. The Bertz CT molecular complexity index is 491. The lowest BCUT2D eigenvalue weighted by Gasteiger charge is -2.10. The van der Waals surface area contributed by atoms with E-state index in [9.17, 15) is 4.79 Å². The molecule has 3 nitrogen and oxygen atoms in total. The molecule has 0 radical (unpaired) electrons. The number of methoxy groups -OCH3 is 2. The molecule has 1 aliphatic carbocycles. The Morgan fingerprint density at radius 2 is 1.94 bits per heavy atom. The van der Waals surface area contributed by atoms with Crippen LogP contribution in [0.25, 0.3) is 5.57 Å². The highest BCUT2D eigenvalue weighted by Crippen LogP contribution is 2.39. The van der Waals surface area contributed by atoms with Gasteiger partial charge < -0.3 is 9.47 Å². The van der Waals surface area contributed by atoms with E-state index in [2.05, 4.69) is 0 Å². The van der Waals surface area contributed by atoms with Crippen molar-refractivity contribution in [2.24, 2.45) is 0 Å². The van der Waals surface area contributed by atoms with Gasteiger partial charge in [0.2, 0.25) is 0 Å². The number of carbonyl (C=O) groups excluding carboxylic acids is 1. The van der Waals surface area contributed by atoms with Crippen LogP contribution in [0.2, 0.25) is 5.02 Å². The Labute approximate surface area is 105 Å². The van der Waals surface area contributed by atoms with E-state index in [4.69, 9.17) is 21.1 Å². The van der Waals surface area contributed by atoms with Crippen molar-refractivity contribution in [2.75, 3.05) is 14.2 Å². The van der Waals surface area contributed by atoms with Crippen LogP contribution < -0.4 is 4.74 Å². The minimum absolute atomic E-state index is 0.299. The second-order valence-corrected chi connectivity index (χ2v) is 4.17. The van der Waals surface area contributed by atoms with Crippen LogP contribution in [-0.4, -0.2) is 24.8 Å².